The van der Waals surface area contributed by atoms with Crippen LogP contribution < -0.4 is 0 Å². The van der Waals surface area contributed by atoms with Gasteiger partial charge in [0.25, 0.3) is 0 Å². The van der Waals surface area contributed by atoms with Crippen LogP contribution in [0.25, 0.3) is 0 Å². The molecule has 0 aliphatic rings. The maximum atomic E-state index is 10.7. The molecule has 2 N–H and O–H groups in total. The molecule has 0 aromatic heterocycles. The molecule has 0 spiro atoms. The molecular weight excluding hydrogens is 251 g/mol. The minimum absolute atomic E-state index is 0.150. The Bertz CT molecular complexity index is 239. The number of rotatable bonds is 10. The van der Waals surface area contributed by atoms with Gasteiger partial charge in [0, 0.05) is 0 Å². The predicted molar refractivity (Wildman–Crippen MR) is 74.2 cm³/mol. The summed E-state index contributed by atoms with van der Waals surface area (Å²) in [5.41, 5.74) is 0. The lowest BCUT2D eigenvalue weighted by atomic mass is 9.77. The fourth-order valence-corrected chi connectivity index (χ4v) is 3.12. The zero-order valence-corrected chi connectivity index (χ0v) is 13.0. The average molecular weight is 280 g/mol. The van der Waals surface area contributed by atoms with Crippen LogP contribution in [0.5, 0.6) is 0 Å². The van der Waals surface area contributed by atoms with Crippen molar-refractivity contribution in [2.45, 2.75) is 59.8 Å². The van der Waals surface area contributed by atoms with E-state index in [9.17, 15) is 4.57 Å². The molecule has 0 aliphatic heterocycles. The van der Waals surface area contributed by atoms with Gasteiger partial charge in [0.1, 0.15) is 0 Å². The Morgan fingerprint density at radius 2 is 1.44 bits per heavy atom. The van der Waals surface area contributed by atoms with Gasteiger partial charge in [-0.05, 0) is 24.2 Å². The van der Waals surface area contributed by atoms with Crippen LogP contribution in [0.4, 0.5) is 0 Å². The van der Waals surface area contributed by atoms with Crippen LogP contribution in [-0.2, 0) is 9.09 Å². The third kappa shape index (κ3) is 8.25. The lowest BCUT2D eigenvalue weighted by Gasteiger charge is -2.29. The Hall–Kier alpha value is 0.110. The van der Waals surface area contributed by atoms with Crippen LogP contribution >= 0.6 is 7.82 Å². The van der Waals surface area contributed by atoms with Crippen LogP contribution in [0.1, 0.15) is 59.8 Å². The van der Waals surface area contributed by atoms with E-state index in [0.717, 1.165) is 32.1 Å². The topological polar surface area (TPSA) is 66.8 Å². The molecule has 18 heavy (non-hydrogen) atoms. The van der Waals surface area contributed by atoms with Crippen LogP contribution in [0.2, 0.25) is 0 Å². The zero-order chi connectivity index (χ0) is 14.2. The van der Waals surface area contributed by atoms with Gasteiger partial charge in [-0.1, -0.05) is 53.4 Å². The smallest absolute Gasteiger partial charge is 0.303 e. The van der Waals surface area contributed by atoms with Crippen LogP contribution in [-0.4, -0.2) is 16.4 Å². The van der Waals surface area contributed by atoms with Gasteiger partial charge >= 0.3 is 7.82 Å². The summed E-state index contributed by atoms with van der Waals surface area (Å²) in [5, 5.41) is 0. The summed E-state index contributed by atoms with van der Waals surface area (Å²) in [6, 6.07) is 0. The highest BCUT2D eigenvalue weighted by Gasteiger charge is 2.24. The predicted octanol–water partition coefficient (Wildman–Crippen LogP) is 3.97. The van der Waals surface area contributed by atoms with E-state index in [1.54, 1.807) is 0 Å². The van der Waals surface area contributed by atoms with Gasteiger partial charge in [-0.25, -0.2) is 4.57 Å². The molecule has 0 fully saturated rings. The van der Waals surface area contributed by atoms with Crippen molar-refractivity contribution in [3.63, 3.8) is 0 Å². The molecule has 0 rings (SSSR count). The molecule has 0 aromatic carbocycles. The molecule has 0 aromatic rings. The Morgan fingerprint density at radius 3 is 1.78 bits per heavy atom. The molecule has 2 unspecified atom stereocenters. The van der Waals surface area contributed by atoms with Crippen molar-refractivity contribution in [3.8, 4) is 0 Å². The summed E-state index contributed by atoms with van der Waals surface area (Å²) in [5.74, 6) is 1.64. The van der Waals surface area contributed by atoms with E-state index in [0.29, 0.717) is 17.8 Å². The van der Waals surface area contributed by atoms with Gasteiger partial charge in [-0.2, -0.15) is 0 Å². The van der Waals surface area contributed by atoms with Crippen LogP contribution in [0.15, 0.2) is 0 Å². The van der Waals surface area contributed by atoms with Gasteiger partial charge in [0.15, 0.2) is 0 Å². The first kappa shape index (κ1) is 18.1. The summed E-state index contributed by atoms with van der Waals surface area (Å²) in [7, 11) is -4.31. The summed E-state index contributed by atoms with van der Waals surface area (Å²) >= 11 is 0. The van der Waals surface area contributed by atoms with E-state index < -0.39 is 7.82 Å². The lowest BCUT2D eigenvalue weighted by molar-refractivity contribution is 0.146. The number of hydrogen-bond donors (Lipinski definition) is 2. The van der Waals surface area contributed by atoms with Gasteiger partial charge in [-0.3, -0.25) is 4.52 Å². The largest absolute Gasteiger partial charge is 0.469 e. The lowest BCUT2D eigenvalue weighted by Crippen LogP contribution is -2.21. The SMILES string of the molecule is CCCC(C)C(CCOP(=O)(O)O)C(C)CCC. The standard InChI is InChI=1S/C13H29O4P/c1-5-7-11(3)13(12(4)8-6-2)9-10-17-18(14,15)16/h11-13H,5-10H2,1-4H3,(H2,14,15,16). The average Bonchev–Trinajstić information content (AvgIpc) is 2.23. The Morgan fingerprint density at radius 1 is 1.00 bits per heavy atom. The van der Waals surface area contributed by atoms with E-state index in [2.05, 4.69) is 32.2 Å². The Kier molecular flexibility index (Phi) is 9.14. The Labute approximate surface area is 111 Å². The fourth-order valence-electron chi connectivity index (χ4n) is 2.78. The van der Waals surface area contributed by atoms with Gasteiger partial charge in [0.2, 0.25) is 0 Å². The highest BCUT2D eigenvalue weighted by molar-refractivity contribution is 7.46. The van der Waals surface area contributed by atoms with Crippen molar-refractivity contribution in [1.82, 2.24) is 0 Å². The highest BCUT2D eigenvalue weighted by atomic mass is 31.2. The van der Waals surface area contributed by atoms with E-state index >= 15 is 0 Å². The van der Waals surface area contributed by atoms with Crippen molar-refractivity contribution in [2.75, 3.05) is 6.61 Å². The molecule has 0 saturated heterocycles. The molecule has 110 valence electrons. The maximum absolute atomic E-state index is 10.7. The molecule has 4 nitrogen and oxygen atoms in total. The molecular formula is C13H29O4P. The summed E-state index contributed by atoms with van der Waals surface area (Å²) < 4.78 is 15.3. The first-order chi connectivity index (χ1) is 8.31. The van der Waals surface area contributed by atoms with E-state index in [1.165, 1.54) is 0 Å². The molecule has 0 bridgehead atoms. The van der Waals surface area contributed by atoms with Crippen LogP contribution in [0, 0.1) is 17.8 Å². The maximum Gasteiger partial charge on any atom is 0.469 e. The minimum atomic E-state index is -4.31. The molecule has 0 heterocycles. The van der Waals surface area contributed by atoms with E-state index in [4.69, 9.17) is 9.79 Å². The zero-order valence-electron chi connectivity index (χ0n) is 12.1. The van der Waals surface area contributed by atoms with Crippen molar-refractivity contribution < 1.29 is 18.9 Å². The van der Waals surface area contributed by atoms with Gasteiger partial charge in [0.05, 0.1) is 6.61 Å². The third-order valence-electron chi connectivity index (χ3n) is 3.66. The monoisotopic (exact) mass is 280 g/mol. The van der Waals surface area contributed by atoms with Crippen molar-refractivity contribution in [2.24, 2.45) is 17.8 Å². The minimum Gasteiger partial charge on any atom is -0.303 e. The third-order valence-corrected chi connectivity index (χ3v) is 4.18. The number of phosphoric ester groups is 1. The Balaban J connectivity index is 4.33. The number of hydrogen-bond acceptors (Lipinski definition) is 2. The second kappa shape index (κ2) is 9.08. The highest BCUT2D eigenvalue weighted by Crippen LogP contribution is 2.38. The quantitative estimate of drug-likeness (QED) is 0.594. The van der Waals surface area contributed by atoms with Crippen molar-refractivity contribution >= 4 is 7.82 Å². The van der Waals surface area contributed by atoms with E-state index in [1.807, 2.05) is 0 Å². The number of phosphoric acid groups is 1. The second-order valence-electron chi connectivity index (χ2n) is 5.31. The van der Waals surface area contributed by atoms with Crippen molar-refractivity contribution in [1.29, 1.82) is 0 Å². The summed E-state index contributed by atoms with van der Waals surface area (Å²) in [4.78, 5) is 17.4. The molecule has 0 saturated carbocycles. The van der Waals surface area contributed by atoms with E-state index in [-0.39, 0.29) is 6.61 Å². The van der Waals surface area contributed by atoms with Gasteiger partial charge in [-0.15, -0.1) is 0 Å². The first-order valence-corrected chi connectivity index (χ1v) is 8.54. The van der Waals surface area contributed by atoms with Crippen LogP contribution in [0.3, 0.4) is 0 Å². The molecule has 0 aliphatic carbocycles. The molecule has 0 radical (unpaired) electrons. The molecule has 2 atom stereocenters. The fraction of sp³-hybridized carbons (Fsp3) is 1.00. The van der Waals surface area contributed by atoms with Gasteiger partial charge < -0.3 is 9.79 Å². The molecule has 5 heteroatoms. The second-order valence-corrected chi connectivity index (χ2v) is 6.55. The summed E-state index contributed by atoms with van der Waals surface area (Å²) in [6.07, 6.45) is 5.35. The normalized spacial score (nSPS) is 17.4. The molecule has 0 amide bonds. The first-order valence-electron chi connectivity index (χ1n) is 7.01. The van der Waals surface area contributed by atoms with Crippen molar-refractivity contribution in [3.05, 3.63) is 0 Å². The summed E-state index contributed by atoms with van der Waals surface area (Å²) in [6.45, 7) is 8.96.